The number of thioether (sulfide) groups is 2. The Labute approximate surface area is 128 Å². The molecule has 1 saturated heterocycles. The Bertz CT molecular complexity index is 570. The van der Waals surface area contributed by atoms with Gasteiger partial charge in [0.1, 0.15) is 6.04 Å². The summed E-state index contributed by atoms with van der Waals surface area (Å²) in [6, 6.07) is 2.57. The van der Waals surface area contributed by atoms with Gasteiger partial charge in [-0.1, -0.05) is 0 Å². The summed E-state index contributed by atoms with van der Waals surface area (Å²) in [5, 5.41) is 8.89. The molecule has 2 unspecified atom stereocenters. The van der Waals surface area contributed by atoms with Gasteiger partial charge in [0.2, 0.25) is 5.91 Å². The molecule has 0 saturated carbocycles. The summed E-state index contributed by atoms with van der Waals surface area (Å²) in [6.45, 7) is 1.77. The number of hydrogen-bond donors (Lipinski definition) is 1. The van der Waals surface area contributed by atoms with Crippen LogP contribution in [-0.2, 0) is 9.59 Å². The third kappa shape index (κ3) is 3.68. The van der Waals surface area contributed by atoms with Gasteiger partial charge in [0, 0.05) is 10.6 Å². The summed E-state index contributed by atoms with van der Waals surface area (Å²) in [6.07, 6.45) is 0. The van der Waals surface area contributed by atoms with Crippen molar-refractivity contribution in [2.45, 2.75) is 23.2 Å². The predicted molar refractivity (Wildman–Crippen MR) is 77.3 cm³/mol. The smallest absolute Gasteiger partial charge is 0.327 e. The van der Waals surface area contributed by atoms with E-state index in [0.29, 0.717) is 10.6 Å². The van der Waals surface area contributed by atoms with Gasteiger partial charge in [0.25, 0.3) is 0 Å². The number of amides is 1. The van der Waals surface area contributed by atoms with E-state index in [1.807, 2.05) is 0 Å². The van der Waals surface area contributed by atoms with Crippen LogP contribution in [0.15, 0.2) is 23.1 Å². The second-order valence-electron chi connectivity index (χ2n) is 4.45. The Morgan fingerprint density at radius 3 is 2.76 bits per heavy atom. The Morgan fingerprint density at radius 1 is 1.43 bits per heavy atom. The van der Waals surface area contributed by atoms with Gasteiger partial charge in [0.15, 0.2) is 11.6 Å². The standard InChI is InChI=1S/C13H13F2NO3S2/c1-7-16(11(5-20-7)13(18)19)12(17)6-21-8-2-3-9(14)10(15)4-8/h2-4,7,11H,5-6H2,1H3,(H,18,19). The molecular formula is C13H13F2NO3S2. The molecule has 0 spiro atoms. The van der Waals surface area contributed by atoms with Gasteiger partial charge < -0.3 is 10.0 Å². The molecule has 2 rings (SSSR count). The van der Waals surface area contributed by atoms with Gasteiger partial charge in [-0.05, 0) is 25.1 Å². The topological polar surface area (TPSA) is 57.6 Å². The van der Waals surface area contributed by atoms with Crippen LogP contribution in [0.25, 0.3) is 0 Å². The van der Waals surface area contributed by atoms with Gasteiger partial charge in [0.05, 0.1) is 11.1 Å². The van der Waals surface area contributed by atoms with Gasteiger partial charge >= 0.3 is 5.97 Å². The molecule has 1 aliphatic rings. The molecule has 1 fully saturated rings. The van der Waals surface area contributed by atoms with E-state index < -0.39 is 23.6 Å². The number of rotatable bonds is 4. The van der Waals surface area contributed by atoms with Crippen molar-refractivity contribution >= 4 is 35.4 Å². The van der Waals surface area contributed by atoms with Crippen molar-refractivity contribution in [3.05, 3.63) is 29.8 Å². The third-order valence-corrected chi connectivity index (χ3v) is 5.25. The van der Waals surface area contributed by atoms with E-state index >= 15 is 0 Å². The molecule has 1 heterocycles. The maximum atomic E-state index is 13.1. The van der Waals surface area contributed by atoms with E-state index in [0.717, 1.165) is 23.9 Å². The minimum atomic E-state index is -1.03. The van der Waals surface area contributed by atoms with E-state index in [2.05, 4.69) is 0 Å². The number of hydrogen-bond acceptors (Lipinski definition) is 4. The molecule has 114 valence electrons. The normalized spacial score (nSPS) is 21.6. The van der Waals surface area contributed by atoms with Crippen molar-refractivity contribution < 1.29 is 23.5 Å². The van der Waals surface area contributed by atoms with Crippen molar-refractivity contribution in [2.75, 3.05) is 11.5 Å². The van der Waals surface area contributed by atoms with Crippen molar-refractivity contribution in [1.29, 1.82) is 0 Å². The molecule has 1 amide bonds. The second-order valence-corrected chi connectivity index (χ2v) is 6.85. The number of aliphatic carboxylic acids is 1. The highest BCUT2D eigenvalue weighted by molar-refractivity contribution is 8.00. The van der Waals surface area contributed by atoms with Crippen LogP contribution < -0.4 is 0 Å². The fourth-order valence-corrected chi connectivity index (χ4v) is 3.98. The quantitative estimate of drug-likeness (QED) is 0.858. The minimum absolute atomic E-state index is 0.0141. The monoisotopic (exact) mass is 333 g/mol. The lowest BCUT2D eigenvalue weighted by molar-refractivity contribution is -0.147. The molecule has 4 nitrogen and oxygen atoms in total. The number of nitrogens with zero attached hydrogens (tertiary/aromatic N) is 1. The number of carboxylic acid groups (broad SMARTS) is 1. The lowest BCUT2D eigenvalue weighted by Gasteiger charge is -2.24. The zero-order valence-corrected chi connectivity index (χ0v) is 12.7. The fourth-order valence-electron chi connectivity index (χ4n) is 2.00. The first kappa shape index (κ1) is 16.1. The van der Waals surface area contributed by atoms with E-state index in [4.69, 9.17) is 5.11 Å². The number of carbonyl (C=O) groups excluding carboxylic acids is 1. The van der Waals surface area contributed by atoms with Crippen LogP contribution in [0.1, 0.15) is 6.92 Å². The minimum Gasteiger partial charge on any atom is -0.480 e. The average molecular weight is 333 g/mol. The molecule has 21 heavy (non-hydrogen) atoms. The molecule has 0 bridgehead atoms. The average Bonchev–Trinajstić information content (AvgIpc) is 2.82. The summed E-state index contributed by atoms with van der Waals surface area (Å²) in [5.41, 5.74) is 0. The second kappa shape index (κ2) is 6.65. The highest BCUT2D eigenvalue weighted by Crippen LogP contribution is 2.30. The van der Waals surface area contributed by atoms with Crippen LogP contribution in [0.2, 0.25) is 0 Å². The lowest BCUT2D eigenvalue weighted by atomic mass is 10.3. The SMILES string of the molecule is CC1SCC(C(=O)O)N1C(=O)CSc1ccc(F)c(F)c1. The van der Waals surface area contributed by atoms with Crippen LogP contribution in [-0.4, -0.2) is 44.8 Å². The maximum Gasteiger partial charge on any atom is 0.327 e. The van der Waals surface area contributed by atoms with Crippen molar-refractivity contribution in [3.8, 4) is 0 Å². The first-order chi connectivity index (χ1) is 9.90. The molecule has 1 aromatic carbocycles. The molecule has 1 aliphatic heterocycles. The van der Waals surface area contributed by atoms with Crippen LogP contribution in [0, 0.1) is 11.6 Å². The number of benzene rings is 1. The third-order valence-electron chi connectivity index (χ3n) is 3.05. The highest BCUT2D eigenvalue weighted by Gasteiger charge is 2.39. The summed E-state index contributed by atoms with van der Waals surface area (Å²) in [7, 11) is 0. The first-order valence-corrected chi connectivity index (χ1v) is 8.17. The van der Waals surface area contributed by atoms with Crippen LogP contribution in [0.3, 0.4) is 0 Å². The van der Waals surface area contributed by atoms with Gasteiger partial charge in [-0.2, -0.15) is 0 Å². The number of halogens is 2. The Kier molecular flexibility index (Phi) is 5.10. The molecule has 0 aliphatic carbocycles. The molecule has 1 aromatic rings. The van der Waals surface area contributed by atoms with Gasteiger partial charge in [-0.3, -0.25) is 4.79 Å². The molecular weight excluding hydrogens is 320 g/mol. The van der Waals surface area contributed by atoms with Crippen molar-refractivity contribution in [1.82, 2.24) is 4.90 Å². The van der Waals surface area contributed by atoms with E-state index in [-0.39, 0.29) is 17.0 Å². The Hall–Kier alpha value is -1.28. The van der Waals surface area contributed by atoms with Gasteiger partial charge in [-0.15, -0.1) is 23.5 Å². The van der Waals surface area contributed by atoms with Gasteiger partial charge in [-0.25, -0.2) is 13.6 Å². The molecule has 0 radical (unpaired) electrons. The molecule has 2 atom stereocenters. The Balaban J connectivity index is 2.00. The largest absolute Gasteiger partial charge is 0.480 e. The summed E-state index contributed by atoms with van der Waals surface area (Å²) < 4.78 is 25.9. The van der Waals surface area contributed by atoms with Crippen molar-refractivity contribution in [2.24, 2.45) is 0 Å². The summed E-state index contributed by atoms with van der Waals surface area (Å²) >= 11 is 2.46. The van der Waals surface area contributed by atoms with E-state index in [1.54, 1.807) is 6.92 Å². The summed E-state index contributed by atoms with van der Waals surface area (Å²) in [5.74, 6) is -2.92. The zero-order valence-electron chi connectivity index (χ0n) is 11.1. The first-order valence-electron chi connectivity index (χ1n) is 6.13. The van der Waals surface area contributed by atoms with E-state index in [9.17, 15) is 18.4 Å². The summed E-state index contributed by atoms with van der Waals surface area (Å²) in [4.78, 5) is 25.0. The Morgan fingerprint density at radius 2 is 2.14 bits per heavy atom. The number of carbonyl (C=O) groups is 2. The molecule has 8 heteroatoms. The van der Waals surface area contributed by atoms with E-state index in [1.165, 1.54) is 22.7 Å². The molecule has 1 N–H and O–H groups in total. The lowest BCUT2D eigenvalue weighted by Crippen LogP contribution is -2.45. The molecule has 0 aromatic heterocycles. The highest BCUT2D eigenvalue weighted by atomic mass is 32.2. The number of carboxylic acids is 1. The van der Waals surface area contributed by atoms with Crippen LogP contribution in [0.4, 0.5) is 8.78 Å². The van der Waals surface area contributed by atoms with Crippen LogP contribution >= 0.6 is 23.5 Å². The maximum absolute atomic E-state index is 13.1. The predicted octanol–water partition coefficient (Wildman–Crippen LogP) is 2.43. The van der Waals surface area contributed by atoms with Crippen LogP contribution in [0.5, 0.6) is 0 Å². The zero-order chi connectivity index (χ0) is 15.6. The van der Waals surface area contributed by atoms with Crippen molar-refractivity contribution in [3.63, 3.8) is 0 Å². The fraction of sp³-hybridized carbons (Fsp3) is 0.385.